The highest BCUT2D eigenvalue weighted by Gasteiger charge is 2.38. The lowest BCUT2D eigenvalue weighted by Gasteiger charge is -2.41. The molecule has 39 heavy (non-hydrogen) atoms. The summed E-state index contributed by atoms with van der Waals surface area (Å²) in [5.74, 6) is -1.47. The largest absolute Gasteiger partial charge is 0.493 e. The Labute approximate surface area is 222 Å². The van der Waals surface area contributed by atoms with E-state index in [2.05, 4.69) is 45.5 Å². The highest BCUT2D eigenvalue weighted by atomic mass is 19.4. The van der Waals surface area contributed by atoms with E-state index in [-0.39, 0.29) is 11.6 Å². The number of rotatable bonds is 3. The third-order valence-electron chi connectivity index (χ3n) is 6.39. The number of nitrogens with one attached hydrogen (secondary N) is 2. The predicted octanol–water partition coefficient (Wildman–Crippen LogP) is 3.46. The highest BCUT2D eigenvalue weighted by molar-refractivity contribution is 6.04. The van der Waals surface area contributed by atoms with Crippen LogP contribution in [0.15, 0.2) is 30.6 Å². The summed E-state index contributed by atoms with van der Waals surface area (Å²) in [5, 5.41) is 18.1. The second-order valence-corrected chi connectivity index (χ2v) is 9.91. The van der Waals surface area contributed by atoms with Crippen LogP contribution in [0.4, 0.5) is 35.2 Å². The van der Waals surface area contributed by atoms with E-state index in [0.29, 0.717) is 18.0 Å². The van der Waals surface area contributed by atoms with Crippen molar-refractivity contribution in [1.82, 2.24) is 19.9 Å². The van der Waals surface area contributed by atoms with E-state index in [0.717, 1.165) is 48.6 Å². The lowest BCUT2D eigenvalue weighted by Crippen LogP contribution is -2.57. The minimum atomic E-state index is -5.08. The molecule has 1 saturated heterocycles. The third-order valence-corrected chi connectivity index (χ3v) is 6.39. The number of aromatic nitrogens is 3. The van der Waals surface area contributed by atoms with Crippen LogP contribution in [0.5, 0.6) is 5.75 Å². The number of hydrogen-bond acceptors (Lipinski definition) is 7. The Morgan fingerprint density at radius 3 is 2.59 bits per heavy atom. The quantitative estimate of drug-likeness (QED) is 0.454. The zero-order valence-corrected chi connectivity index (χ0v) is 22.0. The van der Waals surface area contributed by atoms with Gasteiger partial charge in [-0.15, -0.1) is 0 Å². The second-order valence-electron chi connectivity index (χ2n) is 9.91. The number of methoxy groups -OCH3 is 1. The van der Waals surface area contributed by atoms with Crippen molar-refractivity contribution in [3.63, 3.8) is 0 Å². The van der Waals surface area contributed by atoms with Gasteiger partial charge in [0.1, 0.15) is 5.82 Å². The maximum atomic E-state index is 13.3. The number of nitrogens with zero attached hydrogens (tertiary/aromatic N) is 5. The number of aliphatic carboxylic acids is 1. The van der Waals surface area contributed by atoms with Gasteiger partial charge >= 0.3 is 18.2 Å². The van der Waals surface area contributed by atoms with Crippen LogP contribution in [-0.2, 0) is 11.2 Å². The lowest BCUT2D eigenvalue weighted by molar-refractivity contribution is -0.192. The van der Waals surface area contributed by atoms with Crippen molar-refractivity contribution in [3.05, 3.63) is 41.9 Å². The van der Waals surface area contributed by atoms with Crippen LogP contribution in [0.1, 0.15) is 25.1 Å². The van der Waals surface area contributed by atoms with Gasteiger partial charge in [-0.05, 0) is 45.4 Å². The maximum absolute atomic E-state index is 13.3. The van der Waals surface area contributed by atoms with E-state index in [4.69, 9.17) is 14.6 Å². The fraction of sp³-hybridized carbons (Fsp3) is 0.440. The highest BCUT2D eigenvalue weighted by Crippen LogP contribution is 2.36. The maximum Gasteiger partial charge on any atom is 0.490 e. The molecule has 14 heteroatoms. The van der Waals surface area contributed by atoms with Crippen molar-refractivity contribution in [2.45, 2.75) is 38.9 Å². The molecule has 210 valence electrons. The number of pyridine rings is 2. The summed E-state index contributed by atoms with van der Waals surface area (Å²) in [6.07, 6.45) is -0.719. The van der Waals surface area contributed by atoms with Gasteiger partial charge < -0.3 is 25.4 Å². The summed E-state index contributed by atoms with van der Waals surface area (Å²) >= 11 is 0. The van der Waals surface area contributed by atoms with Crippen LogP contribution in [-0.4, -0.2) is 76.7 Å². The molecule has 3 aromatic rings. The molecule has 0 radical (unpaired) electrons. The number of ether oxygens (including phenoxy) is 1. The van der Waals surface area contributed by atoms with Crippen LogP contribution in [0.25, 0.3) is 5.52 Å². The third kappa shape index (κ3) is 6.16. The number of halogens is 3. The van der Waals surface area contributed by atoms with Crippen LogP contribution in [0.2, 0.25) is 0 Å². The van der Waals surface area contributed by atoms with Gasteiger partial charge in [0.05, 0.1) is 30.2 Å². The van der Waals surface area contributed by atoms with Crippen LogP contribution in [0.3, 0.4) is 0 Å². The van der Waals surface area contributed by atoms with E-state index in [9.17, 15) is 18.0 Å². The van der Waals surface area contributed by atoms with Crippen LogP contribution < -0.4 is 25.2 Å². The van der Waals surface area contributed by atoms with Crippen LogP contribution >= 0.6 is 0 Å². The van der Waals surface area contributed by atoms with Gasteiger partial charge in [-0.1, -0.05) is 0 Å². The summed E-state index contributed by atoms with van der Waals surface area (Å²) in [7, 11) is 1.58. The Bertz CT molecular complexity index is 1390. The summed E-state index contributed by atoms with van der Waals surface area (Å²) in [5.41, 5.74) is 4.76. The van der Waals surface area contributed by atoms with E-state index in [1.165, 1.54) is 5.69 Å². The number of carbonyl (C=O) groups excluding carboxylic acids is 1. The van der Waals surface area contributed by atoms with Crippen molar-refractivity contribution in [3.8, 4) is 5.75 Å². The van der Waals surface area contributed by atoms with Crippen molar-refractivity contribution in [2.24, 2.45) is 0 Å². The van der Waals surface area contributed by atoms with Gasteiger partial charge in [-0.3, -0.25) is 4.90 Å². The number of anilines is 3. The van der Waals surface area contributed by atoms with Crippen molar-refractivity contribution in [2.75, 3.05) is 48.4 Å². The number of piperazine rings is 1. The minimum Gasteiger partial charge on any atom is -0.493 e. The minimum absolute atomic E-state index is 0.0469. The van der Waals surface area contributed by atoms with E-state index in [1.54, 1.807) is 28.9 Å². The lowest BCUT2D eigenvalue weighted by atomic mass is 10.0. The van der Waals surface area contributed by atoms with Crippen molar-refractivity contribution < 1.29 is 32.6 Å². The number of aryl methyl sites for hydroxylation is 1. The molecule has 2 aliphatic rings. The van der Waals surface area contributed by atoms with Crippen molar-refractivity contribution in [1.29, 1.82) is 0 Å². The Kier molecular flexibility index (Phi) is 7.59. The zero-order valence-electron chi connectivity index (χ0n) is 22.0. The van der Waals surface area contributed by atoms with Gasteiger partial charge in [0.25, 0.3) is 0 Å². The number of hydrogen-bond donors (Lipinski definition) is 3. The SMILES string of the molecule is COc1cn2nc(C)cc2cc1NC(=O)N1CCc2c(N3CCNC(C)(C)C3)ccnc21.O=C(O)C(F)(F)F. The molecule has 5 heterocycles. The molecular formula is C25H30F3N7O4. The number of fused-ring (bicyclic) bond motifs is 2. The zero-order chi connectivity index (χ0) is 28.5. The number of carboxylic acid groups (broad SMARTS) is 1. The van der Waals surface area contributed by atoms with Gasteiger partial charge in [-0.25, -0.2) is 19.1 Å². The molecule has 3 N–H and O–H groups in total. The number of urea groups is 1. The molecule has 3 aromatic heterocycles. The molecule has 0 aromatic carbocycles. The fourth-order valence-corrected chi connectivity index (χ4v) is 4.71. The number of carbonyl (C=O) groups is 2. The van der Waals surface area contributed by atoms with Gasteiger partial charge in [-0.2, -0.15) is 18.3 Å². The average Bonchev–Trinajstić information content (AvgIpc) is 3.44. The summed E-state index contributed by atoms with van der Waals surface area (Å²) in [4.78, 5) is 30.8. The van der Waals surface area contributed by atoms with Gasteiger partial charge in [0.15, 0.2) is 5.75 Å². The molecule has 0 bridgehead atoms. The second kappa shape index (κ2) is 10.6. The predicted molar refractivity (Wildman–Crippen MR) is 139 cm³/mol. The molecule has 0 aliphatic carbocycles. The molecule has 1 fully saturated rings. The Balaban J connectivity index is 0.000000448. The molecule has 11 nitrogen and oxygen atoms in total. The fourth-order valence-electron chi connectivity index (χ4n) is 4.71. The van der Waals surface area contributed by atoms with E-state index < -0.39 is 12.1 Å². The summed E-state index contributed by atoms with van der Waals surface area (Å²) < 4.78 is 39.0. The molecule has 2 amide bonds. The van der Waals surface area contributed by atoms with Gasteiger partial charge in [0, 0.05) is 49.2 Å². The molecule has 0 spiro atoms. The van der Waals surface area contributed by atoms with E-state index in [1.807, 2.05) is 19.1 Å². The monoisotopic (exact) mass is 549 g/mol. The number of carboxylic acids is 1. The summed E-state index contributed by atoms with van der Waals surface area (Å²) in [6.45, 7) is 9.74. The first-order chi connectivity index (χ1) is 18.3. The first kappa shape index (κ1) is 28.0. The van der Waals surface area contributed by atoms with E-state index >= 15 is 0 Å². The Morgan fingerprint density at radius 1 is 1.23 bits per heavy atom. The van der Waals surface area contributed by atoms with Crippen LogP contribution in [0, 0.1) is 6.92 Å². The molecular weight excluding hydrogens is 519 g/mol. The molecule has 0 saturated carbocycles. The van der Waals surface area contributed by atoms with Crippen molar-refractivity contribution >= 4 is 34.7 Å². The number of alkyl halides is 3. The topological polar surface area (TPSA) is 124 Å². The number of amides is 2. The first-order valence-corrected chi connectivity index (χ1v) is 12.2. The molecule has 0 unspecified atom stereocenters. The standard InChI is InChI=1S/C23H29N7O2.C2HF3O2/c1-15-11-16-12-18(20(32-4)13-30(16)27-15)26-22(31)29-9-6-17-19(5-7-24-21(17)29)28-10-8-25-23(2,3)14-28;3-2(4,5)1(6)7/h5,7,11-13,25H,6,8-10,14H2,1-4H3,(H,26,31);(H,6,7). The molecule has 5 rings (SSSR count). The normalized spacial score (nSPS) is 16.4. The first-order valence-electron chi connectivity index (χ1n) is 12.2. The smallest absolute Gasteiger partial charge is 0.490 e. The molecule has 2 aliphatic heterocycles. The van der Waals surface area contributed by atoms with Gasteiger partial charge in [0.2, 0.25) is 0 Å². The summed E-state index contributed by atoms with van der Waals surface area (Å²) in [6, 6.07) is 5.69. The Hall–Kier alpha value is -4.07. The Morgan fingerprint density at radius 2 is 1.95 bits per heavy atom. The average molecular weight is 550 g/mol. The molecule has 0 atom stereocenters.